The minimum Gasteiger partial charge on any atom is -0.485 e. The summed E-state index contributed by atoms with van der Waals surface area (Å²) in [6, 6.07) is 12.2. The van der Waals surface area contributed by atoms with Crippen molar-refractivity contribution >= 4 is 5.69 Å². The number of anilines is 1. The number of hydrogen-bond acceptors (Lipinski definition) is 4. The van der Waals surface area contributed by atoms with Gasteiger partial charge >= 0.3 is 0 Å². The first-order valence-electron chi connectivity index (χ1n) is 8.91. The molecule has 2 aromatic rings. The second kappa shape index (κ2) is 7.25. The van der Waals surface area contributed by atoms with Gasteiger partial charge in [-0.05, 0) is 63.6 Å². The Labute approximate surface area is 154 Å². The first kappa shape index (κ1) is 18.7. The molecule has 4 nitrogen and oxygen atoms in total. The van der Waals surface area contributed by atoms with Gasteiger partial charge in [-0.25, -0.2) is 4.39 Å². The largest absolute Gasteiger partial charge is 0.485 e. The Kier molecular flexibility index (Phi) is 5.21. The molecule has 2 aromatic carbocycles. The SMILES string of the molecule is CC(C)O[C@@H]1c2cc(NCc3ccc(F)cc3)ccc2OC(C)(C)[C@H]1O. The van der Waals surface area contributed by atoms with E-state index in [2.05, 4.69) is 5.32 Å². The fraction of sp³-hybridized carbons (Fsp3) is 0.429. The van der Waals surface area contributed by atoms with Gasteiger partial charge in [0.15, 0.2) is 0 Å². The first-order chi connectivity index (χ1) is 12.3. The van der Waals surface area contributed by atoms with Crippen molar-refractivity contribution in [3.05, 3.63) is 59.4 Å². The zero-order valence-electron chi connectivity index (χ0n) is 15.6. The van der Waals surface area contributed by atoms with E-state index in [-0.39, 0.29) is 11.9 Å². The van der Waals surface area contributed by atoms with E-state index in [0.717, 1.165) is 22.6 Å². The number of fused-ring (bicyclic) bond motifs is 1. The highest BCUT2D eigenvalue weighted by atomic mass is 19.1. The molecular formula is C21H26FNO3. The predicted octanol–water partition coefficient (Wildman–Crippen LogP) is 4.44. The van der Waals surface area contributed by atoms with Crippen LogP contribution in [0, 0.1) is 5.82 Å². The monoisotopic (exact) mass is 359 g/mol. The quantitative estimate of drug-likeness (QED) is 0.829. The smallest absolute Gasteiger partial charge is 0.132 e. The van der Waals surface area contributed by atoms with Crippen LogP contribution in [0.15, 0.2) is 42.5 Å². The molecule has 0 unspecified atom stereocenters. The zero-order valence-corrected chi connectivity index (χ0v) is 15.6. The van der Waals surface area contributed by atoms with E-state index < -0.39 is 17.8 Å². The molecule has 0 bridgehead atoms. The summed E-state index contributed by atoms with van der Waals surface area (Å²) in [5.41, 5.74) is 1.97. The Morgan fingerprint density at radius 1 is 1.19 bits per heavy atom. The number of nitrogens with one attached hydrogen (secondary N) is 1. The average molecular weight is 359 g/mol. The number of benzene rings is 2. The topological polar surface area (TPSA) is 50.7 Å². The lowest BCUT2D eigenvalue weighted by Crippen LogP contribution is -2.49. The Hall–Kier alpha value is -2.11. The summed E-state index contributed by atoms with van der Waals surface area (Å²) in [6.45, 7) is 8.19. The highest BCUT2D eigenvalue weighted by Gasteiger charge is 2.44. The predicted molar refractivity (Wildman–Crippen MR) is 99.8 cm³/mol. The van der Waals surface area contributed by atoms with Gasteiger partial charge < -0.3 is 19.9 Å². The van der Waals surface area contributed by atoms with Crippen molar-refractivity contribution in [2.24, 2.45) is 0 Å². The zero-order chi connectivity index (χ0) is 18.9. The second-order valence-corrected chi connectivity index (χ2v) is 7.49. The van der Waals surface area contributed by atoms with Gasteiger partial charge in [0.1, 0.15) is 29.4 Å². The minimum atomic E-state index is -0.773. The molecule has 0 spiro atoms. The van der Waals surface area contributed by atoms with Gasteiger partial charge in [-0.3, -0.25) is 0 Å². The molecule has 0 aliphatic carbocycles. The van der Waals surface area contributed by atoms with E-state index in [1.807, 2.05) is 45.9 Å². The molecule has 1 aliphatic heterocycles. The van der Waals surface area contributed by atoms with Gasteiger partial charge in [0.05, 0.1) is 6.10 Å². The molecule has 0 saturated carbocycles. The molecule has 3 rings (SSSR count). The number of hydrogen-bond donors (Lipinski definition) is 2. The minimum absolute atomic E-state index is 0.0211. The Morgan fingerprint density at radius 3 is 2.54 bits per heavy atom. The van der Waals surface area contributed by atoms with Crippen LogP contribution in [0.1, 0.15) is 44.9 Å². The number of rotatable bonds is 5. The normalized spacial score (nSPS) is 21.2. The third kappa shape index (κ3) is 4.00. The highest BCUT2D eigenvalue weighted by molar-refractivity contribution is 5.53. The Bertz CT molecular complexity index is 758. The third-order valence-electron chi connectivity index (χ3n) is 4.52. The summed E-state index contributed by atoms with van der Waals surface area (Å²) in [4.78, 5) is 0. The molecule has 0 saturated heterocycles. The molecule has 0 fully saturated rings. The summed E-state index contributed by atoms with van der Waals surface area (Å²) in [5.74, 6) is 0.475. The van der Waals surface area contributed by atoms with Gasteiger partial charge in [-0.2, -0.15) is 0 Å². The van der Waals surface area contributed by atoms with E-state index in [4.69, 9.17) is 9.47 Å². The van der Waals surface area contributed by atoms with Crippen molar-refractivity contribution in [1.29, 1.82) is 0 Å². The molecule has 140 valence electrons. The number of ether oxygens (including phenoxy) is 2. The standard InChI is InChI=1S/C21H26FNO3/c1-13(2)25-19-17-11-16(23-12-14-5-7-15(22)8-6-14)9-10-18(17)26-21(3,4)20(19)24/h5-11,13,19-20,23-24H,12H2,1-4H3/t19-,20+/m1/s1. The molecule has 26 heavy (non-hydrogen) atoms. The van der Waals surface area contributed by atoms with Gasteiger partial charge in [0.25, 0.3) is 0 Å². The van der Waals surface area contributed by atoms with Crippen molar-refractivity contribution in [3.63, 3.8) is 0 Å². The molecule has 2 N–H and O–H groups in total. The summed E-state index contributed by atoms with van der Waals surface area (Å²) in [5, 5.41) is 14.0. The van der Waals surface area contributed by atoms with Crippen LogP contribution in [0.5, 0.6) is 5.75 Å². The van der Waals surface area contributed by atoms with E-state index in [9.17, 15) is 9.50 Å². The van der Waals surface area contributed by atoms with Crippen molar-refractivity contribution in [2.75, 3.05) is 5.32 Å². The van der Waals surface area contributed by atoms with Crippen molar-refractivity contribution in [3.8, 4) is 5.75 Å². The van der Waals surface area contributed by atoms with E-state index in [1.165, 1.54) is 12.1 Å². The number of aliphatic hydroxyl groups is 1. The molecule has 5 heteroatoms. The first-order valence-corrected chi connectivity index (χ1v) is 8.91. The van der Waals surface area contributed by atoms with E-state index in [0.29, 0.717) is 6.54 Å². The van der Waals surface area contributed by atoms with E-state index >= 15 is 0 Å². The maximum Gasteiger partial charge on any atom is 0.132 e. The van der Waals surface area contributed by atoms with Crippen LogP contribution in [-0.4, -0.2) is 22.9 Å². The lowest BCUT2D eigenvalue weighted by Gasteiger charge is -2.42. The van der Waals surface area contributed by atoms with E-state index in [1.54, 1.807) is 12.1 Å². The molecular weight excluding hydrogens is 333 g/mol. The summed E-state index contributed by atoms with van der Waals surface area (Å²) >= 11 is 0. The van der Waals surface area contributed by atoms with Crippen LogP contribution in [-0.2, 0) is 11.3 Å². The Balaban J connectivity index is 1.83. The van der Waals surface area contributed by atoms with Gasteiger partial charge in [0.2, 0.25) is 0 Å². The fourth-order valence-corrected chi connectivity index (χ4v) is 3.10. The lowest BCUT2D eigenvalue weighted by molar-refractivity contribution is -0.147. The molecule has 0 aromatic heterocycles. The van der Waals surface area contributed by atoms with Gasteiger partial charge in [-0.15, -0.1) is 0 Å². The molecule has 2 atom stereocenters. The van der Waals surface area contributed by atoms with Gasteiger partial charge in [-0.1, -0.05) is 12.1 Å². The second-order valence-electron chi connectivity index (χ2n) is 7.49. The van der Waals surface area contributed by atoms with Crippen molar-refractivity contribution in [1.82, 2.24) is 0 Å². The van der Waals surface area contributed by atoms with Crippen molar-refractivity contribution < 1.29 is 19.0 Å². The van der Waals surface area contributed by atoms with Crippen LogP contribution < -0.4 is 10.1 Å². The fourth-order valence-electron chi connectivity index (χ4n) is 3.10. The average Bonchev–Trinajstić information content (AvgIpc) is 2.58. The summed E-state index contributed by atoms with van der Waals surface area (Å²) < 4.78 is 25.0. The molecule has 0 radical (unpaired) electrons. The van der Waals surface area contributed by atoms with Crippen LogP contribution >= 0.6 is 0 Å². The molecule has 1 heterocycles. The molecule has 1 aliphatic rings. The lowest BCUT2D eigenvalue weighted by atomic mass is 9.88. The number of aliphatic hydroxyl groups excluding tert-OH is 1. The van der Waals surface area contributed by atoms with Crippen LogP contribution in [0.2, 0.25) is 0 Å². The molecule has 0 amide bonds. The van der Waals surface area contributed by atoms with Crippen molar-refractivity contribution in [2.45, 2.75) is 58.2 Å². The summed E-state index contributed by atoms with van der Waals surface area (Å²) in [7, 11) is 0. The van der Waals surface area contributed by atoms with Crippen LogP contribution in [0.4, 0.5) is 10.1 Å². The summed E-state index contributed by atoms with van der Waals surface area (Å²) in [6.07, 6.45) is -1.25. The van der Waals surface area contributed by atoms with Crippen LogP contribution in [0.25, 0.3) is 0 Å². The maximum atomic E-state index is 13.0. The number of halogens is 1. The van der Waals surface area contributed by atoms with Gasteiger partial charge in [0, 0.05) is 17.8 Å². The maximum absolute atomic E-state index is 13.0. The highest BCUT2D eigenvalue weighted by Crippen LogP contribution is 2.43. The van der Waals surface area contributed by atoms with Crippen LogP contribution in [0.3, 0.4) is 0 Å². The Morgan fingerprint density at radius 2 is 1.88 bits per heavy atom. The third-order valence-corrected chi connectivity index (χ3v) is 4.52.